The number of hydrogen-bond acceptors (Lipinski definition) is 3. The highest BCUT2D eigenvalue weighted by atomic mass is 32.1. The Kier molecular flexibility index (Phi) is 4.07. The predicted octanol–water partition coefficient (Wildman–Crippen LogP) is 2.30. The molecular formula is C18H17N3O2S. The molecule has 0 aliphatic carbocycles. The maximum atomic E-state index is 12.6. The molecule has 1 aliphatic heterocycles. The van der Waals surface area contributed by atoms with Gasteiger partial charge in [0.15, 0.2) is 5.11 Å². The van der Waals surface area contributed by atoms with Crippen molar-refractivity contribution in [3.8, 4) is 0 Å². The number of aromatic nitrogens is 1. The van der Waals surface area contributed by atoms with E-state index in [1.54, 1.807) is 12.2 Å². The van der Waals surface area contributed by atoms with Gasteiger partial charge in [-0.25, -0.2) is 0 Å². The monoisotopic (exact) mass is 339 g/mol. The standard InChI is InChI=1S/C18H17N3O2S/c1-4-9-21-17(23)14(16(22)19-18(21)24)10-13-11(2)20(3)15-8-6-5-7-12(13)15/h4-8,10H,1,9H2,2-3H3,(H,19,22,24)/b14-10+. The van der Waals surface area contributed by atoms with Gasteiger partial charge in [0.25, 0.3) is 11.8 Å². The van der Waals surface area contributed by atoms with E-state index in [0.29, 0.717) is 0 Å². The molecule has 3 rings (SSSR count). The van der Waals surface area contributed by atoms with Crippen LogP contribution in [0.15, 0.2) is 42.5 Å². The fraction of sp³-hybridized carbons (Fsp3) is 0.167. The van der Waals surface area contributed by atoms with Crippen molar-refractivity contribution in [3.63, 3.8) is 0 Å². The third-order valence-electron chi connectivity index (χ3n) is 4.23. The quantitative estimate of drug-likeness (QED) is 0.404. The van der Waals surface area contributed by atoms with E-state index < -0.39 is 11.8 Å². The van der Waals surface area contributed by atoms with Crippen LogP contribution in [0.4, 0.5) is 0 Å². The minimum absolute atomic E-state index is 0.0740. The third-order valence-corrected chi connectivity index (χ3v) is 4.56. The zero-order valence-electron chi connectivity index (χ0n) is 13.5. The molecule has 122 valence electrons. The van der Waals surface area contributed by atoms with E-state index in [0.717, 1.165) is 22.2 Å². The first-order valence-corrected chi connectivity index (χ1v) is 7.90. The predicted molar refractivity (Wildman–Crippen MR) is 98.3 cm³/mol. The number of benzene rings is 1. The van der Waals surface area contributed by atoms with Crippen molar-refractivity contribution >= 4 is 46.1 Å². The van der Waals surface area contributed by atoms with Crippen LogP contribution >= 0.6 is 12.2 Å². The van der Waals surface area contributed by atoms with Crippen LogP contribution in [-0.4, -0.2) is 32.9 Å². The smallest absolute Gasteiger partial charge is 0.265 e. The van der Waals surface area contributed by atoms with E-state index >= 15 is 0 Å². The molecule has 2 heterocycles. The van der Waals surface area contributed by atoms with Gasteiger partial charge in [0.1, 0.15) is 5.57 Å². The second-order valence-corrected chi connectivity index (χ2v) is 5.98. The SMILES string of the molecule is C=CCN1C(=O)/C(=C/c2c(C)n(C)c3ccccc23)C(=O)NC1=S. The number of carbonyl (C=O) groups excluding carboxylic acids is 2. The number of amides is 2. The maximum absolute atomic E-state index is 12.6. The number of nitrogens with zero attached hydrogens (tertiary/aromatic N) is 2. The zero-order chi connectivity index (χ0) is 17.4. The molecule has 2 aromatic rings. The summed E-state index contributed by atoms with van der Waals surface area (Å²) in [6.07, 6.45) is 3.22. The van der Waals surface area contributed by atoms with Gasteiger partial charge in [-0.2, -0.15) is 0 Å². The summed E-state index contributed by atoms with van der Waals surface area (Å²) < 4.78 is 2.04. The summed E-state index contributed by atoms with van der Waals surface area (Å²) in [4.78, 5) is 26.3. The van der Waals surface area contributed by atoms with Gasteiger partial charge in [0.2, 0.25) is 0 Å². The summed E-state index contributed by atoms with van der Waals surface area (Å²) in [6.45, 7) is 5.84. The molecule has 0 atom stereocenters. The average molecular weight is 339 g/mol. The van der Waals surface area contributed by atoms with Crippen molar-refractivity contribution in [3.05, 3.63) is 53.8 Å². The molecule has 5 nitrogen and oxygen atoms in total. The van der Waals surface area contributed by atoms with Crippen LogP contribution in [0.25, 0.3) is 17.0 Å². The fourth-order valence-corrected chi connectivity index (χ4v) is 3.12. The van der Waals surface area contributed by atoms with Crippen LogP contribution in [-0.2, 0) is 16.6 Å². The number of fused-ring (bicyclic) bond motifs is 1. The number of thiocarbonyl (C=S) groups is 1. The molecular weight excluding hydrogens is 322 g/mol. The van der Waals surface area contributed by atoms with Gasteiger partial charge >= 0.3 is 0 Å². The van der Waals surface area contributed by atoms with Crippen LogP contribution in [0.5, 0.6) is 0 Å². The highest BCUT2D eigenvalue weighted by Gasteiger charge is 2.33. The van der Waals surface area contributed by atoms with E-state index in [2.05, 4.69) is 11.9 Å². The molecule has 24 heavy (non-hydrogen) atoms. The summed E-state index contributed by atoms with van der Waals surface area (Å²) in [5, 5.41) is 3.67. The number of aryl methyl sites for hydroxylation is 1. The summed E-state index contributed by atoms with van der Waals surface area (Å²) >= 11 is 5.07. The van der Waals surface area contributed by atoms with E-state index in [1.807, 2.05) is 42.8 Å². The van der Waals surface area contributed by atoms with Gasteiger partial charge < -0.3 is 4.57 Å². The van der Waals surface area contributed by atoms with Crippen molar-refractivity contribution in [2.75, 3.05) is 6.54 Å². The molecule has 1 aromatic carbocycles. The van der Waals surface area contributed by atoms with Crippen LogP contribution in [0.2, 0.25) is 0 Å². The second kappa shape index (κ2) is 6.05. The van der Waals surface area contributed by atoms with Gasteiger partial charge in [-0.15, -0.1) is 6.58 Å². The molecule has 6 heteroatoms. The number of carbonyl (C=O) groups is 2. The van der Waals surface area contributed by atoms with E-state index in [-0.39, 0.29) is 17.2 Å². The Labute approximate surface area is 145 Å². The Morgan fingerprint density at radius 2 is 2.00 bits per heavy atom. The molecule has 0 saturated carbocycles. The minimum atomic E-state index is -0.474. The Balaban J connectivity index is 2.15. The van der Waals surface area contributed by atoms with Crippen molar-refractivity contribution in [2.24, 2.45) is 7.05 Å². The molecule has 1 fully saturated rings. The van der Waals surface area contributed by atoms with E-state index in [4.69, 9.17) is 12.2 Å². The first-order chi connectivity index (χ1) is 11.5. The van der Waals surface area contributed by atoms with Crippen molar-refractivity contribution in [1.29, 1.82) is 0 Å². The summed E-state index contributed by atoms with van der Waals surface area (Å²) in [5.41, 5.74) is 2.96. The highest BCUT2D eigenvalue weighted by Crippen LogP contribution is 2.27. The minimum Gasteiger partial charge on any atom is -0.347 e. The zero-order valence-corrected chi connectivity index (χ0v) is 14.3. The van der Waals surface area contributed by atoms with Crippen LogP contribution in [0, 0.1) is 6.92 Å². The maximum Gasteiger partial charge on any atom is 0.265 e. The molecule has 0 unspecified atom stereocenters. The van der Waals surface area contributed by atoms with Crippen LogP contribution in [0.3, 0.4) is 0 Å². The molecule has 2 amide bonds. The summed E-state index contributed by atoms with van der Waals surface area (Å²) in [6, 6.07) is 7.88. The van der Waals surface area contributed by atoms with Gasteiger partial charge in [-0.1, -0.05) is 24.3 Å². The molecule has 1 saturated heterocycles. The van der Waals surface area contributed by atoms with Gasteiger partial charge in [-0.3, -0.25) is 19.8 Å². The molecule has 1 N–H and O–H groups in total. The molecule has 1 aliphatic rings. The first-order valence-electron chi connectivity index (χ1n) is 7.49. The molecule has 1 aromatic heterocycles. The van der Waals surface area contributed by atoms with Gasteiger partial charge in [0.05, 0.1) is 0 Å². The Morgan fingerprint density at radius 3 is 2.71 bits per heavy atom. The summed E-state index contributed by atoms with van der Waals surface area (Å²) in [7, 11) is 1.96. The van der Waals surface area contributed by atoms with Gasteiger partial charge in [0, 0.05) is 35.8 Å². The lowest BCUT2D eigenvalue weighted by molar-refractivity contribution is -0.128. The van der Waals surface area contributed by atoms with Crippen LogP contribution < -0.4 is 5.32 Å². The van der Waals surface area contributed by atoms with Crippen molar-refractivity contribution in [2.45, 2.75) is 6.92 Å². The Morgan fingerprint density at radius 1 is 1.29 bits per heavy atom. The molecule has 0 radical (unpaired) electrons. The number of nitrogens with one attached hydrogen (secondary N) is 1. The lowest BCUT2D eigenvalue weighted by Gasteiger charge is -2.27. The Bertz CT molecular complexity index is 924. The molecule has 0 spiro atoms. The third kappa shape index (κ3) is 2.45. The van der Waals surface area contributed by atoms with Crippen molar-refractivity contribution < 1.29 is 9.59 Å². The number of para-hydroxylation sites is 1. The normalized spacial score (nSPS) is 16.8. The largest absolute Gasteiger partial charge is 0.347 e. The highest BCUT2D eigenvalue weighted by molar-refractivity contribution is 7.80. The lowest BCUT2D eigenvalue weighted by Crippen LogP contribution is -2.53. The lowest BCUT2D eigenvalue weighted by atomic mass is 10.0. The van der Waals surface area contributed by atoms with E-state index in [1.165, 1.54) is 4.90 Å². The van der Waals surface area contributed by atoms with E-state index in [9.17, 15) is 9.59 Å². The summed E-state index contributed by atoms with van der Waals surface area (Å²) in [5.74, 6) is -0.881. The Hall–Kier alpha value is -2.73. The fourth-order valence-electron chi connectivity index (χ4n) is 2.87. The first kappa shape index (κ1) is 16.1. The number of hydrogen-bond donors (Lipinski definition) is 1. The topological polar surface area (TPSA) is 54.3 Å². The molecule has 0 bridgehead atoms. The van der Waals surface area contributed by atoms with Crippen molar-refractivity contribution in [1.82, 2.24) is 14.8 Å². The average Bonchev–Trinajstić information content (AvgIpc) is 2.80. The number of rotatable bonds is 3. The van der Waals surface area contributed by atoms with Crippen LogP contribution in [0.1, 0.15) is 11.3 Å². The second-order valence-electron chi connectivity index (χ2n) is 5.60. The van der Waals surface area contributed by atoms with Gasteiger partial charge in [-0.05, 0) is 31.3 Å².